The molecule has 2 rings (SSSR count). The van der Waals surface area contributed by atoms with E-state index in [2.05, 4.69) is 30.3 Å². The SMILES string of the molecule is CCNC(=NCCNS(=O)(=O)c1cccnc1)NCCc1ccc(Cl)nc1.I. The number of sulfonamides is 1. The van der Waals surface area contributed by atoms with Crippen molar-refractivity contribution < 1.29 is 8.42 Å². The van der Waals surface area contributed by atoms with Crippen LogP contribution in [0.5, 0.6) is 0 Å². The van der Waals surface area contributed by atoms with Gasteiger partial charge in [-0.05, 0) is 37.1 Å². The molecule has 0 aliphatic heterocycles. The van der Waals surface area contributed by atoms with Crippen LogP contribution in [0.4, 0.5) is 0 Å². The average molecular weight is 539 g/mol. The molecule has 0 bridgehead atoms. The molecular formula is C17H24ClIN6O2S. The van der Waals surface area contributed by atoms with Crippen molar-refractivity contribution >= 4 is 51.6 Å². The second-order valence-electron chi connectivity index (χ2n) is 5.51. The summed E-state index contributed by atoms with van der Waals surface area (Å²) < 4.78 is 26.7. The first kappa shape index (κ1) is 24.5. The first-order chi connectivity index (χ1) is 13.0. The molecule has 0 unspecified atom stereocenters. The van der Waals surface area contributed by atoms with E-state index in [0.717, 1.165) is 12.0 Å². The summed E-state index contributed by atoms with van der Waals surface area (Å²) in [5.41, 5.74) is 1.06. The Labute approximate surface area is 187 Å². The van der Waals surface area contributed by atoms with E-state index in [9.17, 15) is 8.42 Å². The molecule has 154 valence electrons. The van der Waals surface area contributed by atoms with Gasteiger partial charge in [-0.2, -0.15) is 0 Å². The fourth-order valence-corrected chi connectivity index (χ4v) is 3.25. The molecule has 0 fully saturated rings. The molecule has 2 aromatic heterocycles. The fraction of sp³-hybridized carbons (Fsp3) is 0.353. The highest BCUT2D eigenvalue weighted by Crippen LogP contribution is 2.05. The maximum Gasteiger partial charge on any atom is 0.242 e. The zero-order chi connectivity index (χ0) is 19.5. The van der Waals surface area contributed by atoms with Gasteiger partial charge in [-0.3, -0.25) is 9.98 Å². The Morgan fingerprint density at radius 2 is 2.00 bits per heavy atom. The molecule has 0 spiro atoms. The number of nitrogens with zero attached hydrogens (tertiary/aromatic N) is 3. The summed E-state index contributed by atoms with van der Waals surface area (Å²) in [6.07, 6.45) is 5.34. The van der Waals surface area contributed by atoms with Gasteiger partial charge in [-0.25, -0.2) is 18.1 Å². The lowest BCUT2D eigenvalue weighted by Crippen LogP contribution is -2.39. The molecule has 0 radical (unpaired) electrons. The summed E-state index contributed by atoms with van der Waals surface area (Å²) in [7, 11) is -3.57. The summed E-state index contributed by atoms with van der Waals surface area (Å²) in [6.45, 7) is 3.82. The van der Waals surface area contributed by atoms with Gasteiger partial charge in [0.05, 0.1) is 6.54 Å². The van der Waals surface area contributed by atoms with Crippen molar-refractivity contribution in [1.29, 1.82) is 0 Å². The highest BCUT2D eigenvalue weighted by Gasteiger charge is 2.12. The van der Waals surface area contributed by atoms with Gasteiger partial charge in [-0.15, -0.1) is 24.0 Å². The van der Waals surface area contributed by atoms with Crippen molar-refractivity contribution in [3.63, 3.8) is 0 Å². The van der Waals surface area contributed by atoms with E-state index in [1.165, 1.54) is 18.5 Å². The monoisotopic (exact) mass is 538 g/mol. The number of pyridine rings is 2. The molecule has 0 saturated heterocycles. The van der Waals surface area contributed by atoms with Crippen LogP contribution in [0.15, 0.2) is 52.7 Å². The van der Waals surface area contributed by atoms with Crippen LogP contribution in [-0.4, -0.2) is 50.5 Å². The Hall–Kier alpha value is -1.50. The summed E-state index contributed by atoms with van der Waals surface area (Å²) in [6, 6.07) is 6.75. The minimum atomic E-state index is -3.57. The average Bonchev–Trinajstić information content (AvgIpc) is 2.67. The third-order valence-electron chi connectivity index (χ3n) is 3.46. The highest BCUT2D eigenvalue weighted by atomic mass is 127. The molecule has 0 atom stereocenters. The van der Waals surface area contributed by atoms with Crippen LogP contribution < -0.4 is 15.4 Å². The molecule has 0 aromatic carbocycles. The molecule has 0 aliphatic carbocycles. The van der Waals surface area contributed by atoms with Crippen LogP contribution in [0.1, 0.15) is 12.5 Å². The standard InChI is InChI=1S/C17H23ClN6O2S.HI/c1-2-20-17(21-9-7-14-5-6-16(18)23-12-14)22-10-11-24-27(25,26)15-4-3-8-19-13-15;/h3-6,8,12-13,24H,2,7,9-11H2,1H3,(H2,20,21,22);1H. The highest BCUT2D eigenvalue weighted by molar-refractivity contribution is 14.0. The maximum absolute atomic E-state index is 12.1. The number of aromatic nitrogens is 2. The lowest BCUT2D eigenvalue weighted by molar-refractivity contribution is 0.581. The molecule has 0 saturated carbocycles. The van der Waals surface area contributed by atoms with E-state index in [1.807, 2.05) is 13.0 Å². The summed E-state index contributed by atoms with van der Waals surface area (Å²) in [5.74, 6) is 0.625. The third-order valence-corrected chi connectivity index (χ3v) is 5.13. The largest absolute Gasteiger partial charge is 0.357 e. The van der Waals surface area contributed by atoms with Gasteiger partial charge >= 0.3 is 0 Å². The van der Waals surface area contributed by atoms with Crippen molar-refractivity contribution in [3.8, 4) is 0 Å². The molecule has 0 amide bonds. The molecule has 2 heterocycles. The number of halogens is 2. The Kier molecular flexibility index (Phi) is 11.3. The van der Waals surface area contributed by atoms with E-state index in [4.69, 9.17) is 11.6 Å². The number of hydrogen-bond donors (Lipinski definition) is 3. The maximum atomic E-state index is 12.1. The fourth-order valence-electron chi connectivity index (χ4n) is 2.16. The molecule has 28 heavy (non-hydrogen) atoms. The minimum Gasteiger partial charge on any atom is -0.357 e. The van der Waals surface area contributed by atoms with E-state index < -0.39 is 10.0 Å². The minimum absolute atomic E-state index is 0. The van der Waals surface area contributed by atoms with E-state index in [0.29, 0.717) is 30.7 Å². The second kappa shape index (κ2) is 12.9. The number of aliphatic imine (C=N–C) groups is 1. The van der Waals surface area contributed by atoms with Crippen LogP contribution in [0.2, 0.25) is 5.15 Å². The Balaban J connectivity index is 0.00000392. The molecular weight excluding hydrogens is 515 g/mol. The first-order valence-electron chi connectivity index (χ1n) is 8.53. The Morgan fingerprint density at radius 3 is 2.64 bits per heavy atom. The Bertz CT molecular complexity index is 834. The molecule has 0 aliphatic rings. The predicted molar refractivity (Wildman–Crippen MR) is 122 cm³/mol. The van der Waals surface area contributed by atoms with Gasteiger partial charge in [0, 0.05) is 38.2 Å². The van der Waals surface area contributed by atoms with Crippen molar-refractivity contribution in [1.82, 2.24) is 25.3 Å². The lowest BCUT2D eigenvalue weighted by atomic mass is 10.2. The summed E-state index contributed by atoms with van der Waals surface area (Å²) in [5, 5.41) is 6.79. The summed E-state index contributed by atoms with van der Waals surface area (Å²) >= 11 is 5.77. The number of nitrogens with one attached hydrogen (secondary N) is 3. The molecule has 8 nitrogen and oxygen atoms in total. The smallest absolute Gasteiger partial charge is 0.242 e. The van der Waals surface area contributed by atoms with Gasteiger partial charge in [0.1, 0.15) is 10.0 Å². The third kappa shape index (κ3) is 8.67. The number of guanidine groups is 1. The van der Waals surface area contributed by atoms with E-state index in [-0.39, 0.29) is 35.4 Å². The number of rotatable bonds is 9. The number of hydrogen-bond acceptors (Lipinski definition) is 5. The second-order valence-corrected chi connectivity index (χ2v) is 7.67. The van der Waals surface area contributed by atoms with Crippen molar-refractivity contribution in [2.75, 3.05) is 26.2 Å². The summed E-state index contributed by atoms with van der Waals surface area (Å²) in [4.78, 5) is 12.4. The van der Waals surface area contributed by atoms with Crippen LogP contribution in [0, 0.1) is 0 Å². The van der Waals surface area contributed by atoms with Gasteiger partial charge in [0.25, 0.3) is 0 Å². The van der Waals surface area contributed by atoms with Crippen LogP contribution in [0.3, 0.4) is 0 Å². The van der Waals surface area contributed by atoms with E-state index >= 15 is 0 Å². The molecule has 11 heteroatoms. The van der Waals surface area contributed by atoms with Crippen molar-refractivity contribution in [2.45, 2.75) is 18.2 Å². The Morgan fingerprint density at radius 1 is 1.18 bits per heavy atom. The quantitative estimate of drug-likeness (QED) is 0.148. The van der Waals surface area contributed by atoms with Crippen LogP contribution in [-0.2, 0) is 16.4 Å². The van der Waals surface area contributed by atoms with Gasteiger partial charge in [-0.1, -0.05) is 17.7 Å². The molecule has 2 aromatic rings. The van der Waals surface area contributed by atoms with E-state index in [1.54, 1.807) is 18.3 Å². The lowest BCUT2D eigenvalue weighted by Gasteiger charge is -2.11. The zero-order valence-electron chi connectivity index (χ0n) is 15.4. The zero-order valence-corrected chi connectivity index (χ0v) is 19.3. The van der Waals surface area contributed by atoms with Crippen molar-refractivity contribution in [3.05, 3.63) is 53.6 Å². The van der Waals surface area contributed by atoms with Gasteiger partial charge in [0.15, 0.2) is 5.96 Å². The van der Waals surface area contributed by atoms with Gasteiger partial charge < -0.3 is 10.6 Å². The van der Waals surface area contributed by atoms with Crippen molar-refractivity contribution in [2.24, 2.45) is 4.99 Å². The predicted octanol–water partition coefficient (Wildman–Crippen LogP) is 1.82. The molecule has 3 N–H and O–H groups in total. The normalized spacial score (nSPS) is 11.6. The first-order valence-corrected chi connectivity index (χ1v) is 10.4. The topological polar surface area (TPSA) is 108 Å². The van der Waals surface area contributed by atoms with Crippen LogP contribution >= 0.6 is 35.6 Å². The van der Waals surface area contributed by atoms with Crippen LogP contribution in [0.25, 0.3) is 0 Å². The van der Waals surface area contributed by atoms with Gasteiger partial charge in [0.2, 0.25) is 10.0 Å².